The van der Waals surface area contributed by atoms with E-state index < -0.39 is 0 Å². The fraction of sp³-hybridized carbons (Fsp3) is 1.00. The van der Waals surface area contributed by atoms with Crippen molar-refractivity contribution in [3.63, 3.8) is 0 Å². The molecule has 2 rings (SSSR count). The van der Waals surface area contributed by atoms with E-state index in [-0.39, 0.29) is 0 Å². The van der Waals surface area contributed by atoms with Crippen LogP contribution >= 0.6 is 0 Å². The highest BCUT2D eigenvalue weighted by Gasteiger charge is 2.31. The molecular formula is C15H30N2. The Labute approximate surface area is 107 Å². The van der Waals surface area contributed by atoms with Crippen molar-refractivity contribution in [3.8, 4) is 0 Å². The third kappa shape index (κ3) is 3.45. The van der Waals surface area contributed by atoms with Gasteiger partial charge in [-0.1, -0.05) is 32.6 Å². The molecule has 2 nitrogen and oxygen atoms in total. The molecule has 0 amide bonds. The Morgan fingerprint density at radius 3 is 2.59 bits per heavy atom. The van der Waals surface area contributed by atoms with E-state index in [0.29, 0.717) is 5.54 Å². The lowest BCUT2D eigenvalue weighted by molar-refractivity contribution is 0.194. The minimum absolute atomic E-state index is 0.475. The first kappa shape index (κ1) is 13.4. The summed E-state index contributed by atoms with van der Waals surface area (Å²) in [4.78, 5) is 2.70. The summed E-state index contributed by atoms with van der Waals surface area (Å²) in [5, 5.41) is 3.64. The van der Waals surface area contributed by atoms with Crippen LogP contribution in [0, 0.1) is 5.92 Å². The van der Waals surface area contributed by atoms with E-state index in [1.807, 2.05) is 0 Å². The fourth-order valence-corrected chi connectivity index (χ4v) is 3.67. The van der Waals surface area contributed by atoms with Crippen LogP contribution in [0.3, 0.4) is 0 Å². The van der Waals surface area contributed by atoms with Crippen LogP contribution in [0.2, 0.25) is 0 Å². The molecule has 0 bridgehead atoms. The van der Waals surface area contributed by atoms with E-state index in [0.717, 1.165) is 5.92 Å². The van der Waals surface area contributed by atoms with Crippen LogP contribution in [0.15, 0.2) is 0 Å². The summed E-state index contributed by atoms with van der Waals surface area (Å²) in [6.45, 7) is 6.36. The number of hydrogen-bond donors (Lipinski definition) is 1. The lowest BCUT2D eigenvalue weighted by atomic mass is 9.79. The van der Waals surface area contributed by atoms with Gasteiger partial charge in [0.25, 0.3) is 0 Å². The maximum absolute atomic E-state index is 3.64. The van der Waals surface area contributed by atoms with Gasteiger partial charge in [-0.2, -0.15) is 0 Å². The predicted molar refractivity (Wildman–Crippen MR) is 74.3 cm³/mol. The van der Waals surface area contributed by atoms with Crippen molar-refractivity contribution in [1.82, 2.24) is 10.2 Å². The van der Waals surface area contributed by atoms with Crippen LogP contribution in [0.25, 0.3) is 0 Å². The van der Waals surface area contributed by atoms with Gasteiger partial charge in [0, 0.05) is 12.1 Å². The second kappa shape index (κ2) is 6.19. The highest BCUT2D eigenvalue weighted by Crippen LogP contribution is 2.31. The molecule has 1 unspecified atom stereocenters. The molecule has 0 aromatic carbocycles. The topological polar surface area (TPSA) is 15.3 Å². The summed E-state index contributed by atoms with van der Waals surface area (Å²) in [5.74, 6) is 0.979. The zero-order valence-electron chi connectivity index (χ0n) is 11.8. The molecule has 1 aliphatic carbocycles. The van der Waals surface area contributed by atoms with E-state index in [2.05, 4.69) is 24.2 Å². The predicted octanol–water partition coefficient (Wildman–Crippen LogP) is 3.03. The molecule has 0 spiro atoms. The van der Waals surface area contributed by atoms with Gasteiger partial charge in [0.2, 0.25) is 0 Å². The van der Waals surface area contributed by atoms with Crippen molar-refractivity contribution in [1.29, 1.82) is 0 Å². The van der Waals surface area contributed by atoms with Crippen molar-refractivity contribution in [2.75, 3.05) is 26.7 Å². The monoisotopic (exact) mass is 238 g/mol. The maximum Gasteiger partial charge on any atom is 0.0190 e. The van der Waals surface area contributed by atoms with Crippen molar-refractivity contribution < 1.29 is 0 Å². The van der Waals surface area contributed by atoms with Gasteiger partial charge in [-0.25, -0.2) is 0 Å². The zero-order chi connectivity index (χ0) is 12.1. The molecule has 0 aromatic heterocycles. The fourth-order valence-electron chi connectivity index (χ4n) is 3.67. The molecule has 2 heteroatoms. The van der Waals surface area contributed by atoms with Gasteiger partial charge in [0.1, 0.15) is 0 Å². The standard InChI is InChI=1S/C15H30N2/c1-3-14-7-11-17(13-14)12-10-15(16-2)8-5-4-6-9-15/h14,16H,3-13H2,1-2H3. The average molecular weight is 238 g/mol. The van der Waals surface area contributed by atoms with Crippen molar-refractivity contribution in [3.05, 3.63) is 0 Å². The molecule has 0 radical (unpaired) electrons. The lowest BCUT2D eigenvalue weighted by Gasteiger charge is -2.38. The normalized spacial score (nSPS) is 29.6. The highest BCUT2D eigenvalue weighted by molar-refractivity contribution is 4.91. The lowest BCUT2D eigenvalue weighted by Crippen LogP contribution is -2.46. The third-order valence-electron chi connectivity index (χ3n) is 5.19. The van der Waals surface area contributed by atoms with Gasteiger partial charge in [-0.3, -0.25) is 0 Å². The number of hydrogen-bond acceptors (Lipinski definition) is 2. The maximum atomic E-state index is 3.64. The minimum atomic E-state index is 0.475. The minimum Gasteiger partial charge on any atom is -0.314 e. The average Bonchev–Trinajstić information content (AvgIpc) is 2.85. The quantitative estimate of drug-likeness (QED) is 0.792. The van der Waals surface area contributed by atoms with Crippen LogP contribution < -0.4 is 5.32 Å². The van der Waals surface area contributed by atoms with Gasteiger partial charge >= 0.3 is 0 Å². The van der Waals surface area contributed by atoms with Crippen LogP contribution in [-0.4, -0.2) is 37.1 Å². The second-order valence-corrected chi connectivity index (χ2v) is 6.20. The van der Waals surface area contributed by atoms with Gasteiger partial charge in [-0.05, 0) is 51.7 Å². The Morgan fingerprint density at radius 1 is 1.24 bits per heavy atom. The molecule has 1 aliphatic heterocycles. The summed E-state index contributed by atoms with van der Waals surface area (Å²) in [7, 11) is 2.17. The Balaban J connectivity index is 1.76. The highest BCUT2D eigenvalue weighted by atomic mass is 15.1. The second-order valence-electron chi connectivity index (χ2n) is 6.20. The SMILES string of the molecule is CCC1CCN(CCC2(NC)CCCCC2)C1. The largest absolute Gasteiger partial charge is 0.314 e. The summed E-state index contributed by atoms with van der Waals surface area (Å²) >= 11 is 0. The smallest absolute Gasteiger partial charge is 0.0190 e. The van der Waals surface area contributed by atoms with Crippen LogP contribution in [0.1, 0.15) is 58.3 Å². The summed E-state index contributed by atoms with van der Waals surface area (Å²) in [6, 6.07) is 0. The van der Waals surface area contributed by atoms with E-state index in [4.69, 9.17) is 0 Å². The van der Waals surface area contributed by atoms with Gasteiger partial charge in [0.15, 0.2) is 0 Å². The Kier molecular flexibility index (Phi) is 4.87. The molecule has 1 saturated carbocycles. The van der Waals surface area contributed by atoms with Crippen LogP contribution in [0.4, 0.5) is 0 Å². The molecule has 1 heterocycles. The molecule has 0 aromatic rings. The third-order valence-corrected chi connectivity index (χ3v) is 5.19. The molecular weight excluding hydrogens is 208 g/mol. The zero-order valence-corrected chi connectivity index (χ0v) is 11.8. The molecule has 100 valence electrons. The summed E-state index contributed by atoms with van der Waals surface area (Å²) in [6.07, 6.45) is 11.3. The Morgan fingerprint density at radius 2 is 2.00 bits per heavy atom. The van der Waals surface area contributed by atoms with Crippen LogP contribution in [-0.2, 0) is 0 Å². The van der Waals surface area contributed by atoms with Crippen molar-refractivity contribution in [2.45, 2.75) is 63.8 Å². The first-order chi connectivity index (χ1) is 8.28. The molecule has 1 atom stereocenters. The summed E-state index contributed by atoms with van der Waals surface area (Å²) in [5.41, 5.74) is 0.475. The van der Waals surface area contributed by atoms with E-state index in [1.165, 1.54) is 71.0 Å². The van der Waals surface area contributed by atoms with E-state index in [1.54, 1.807) is 0 Å². The first-order valence-electron chi connectivity index (χ1n) is 7.69. The molecule has 1 saturated heterocycles. The first-order valence-corrected chi connectivity index (χ1v) is 7.69. The molecule has 2 aliphatic rings. The Hall–Kier alpha value is -0.0800. The van der Waals surface area contributed by atoms with Gasteiger partial charge < -0.3 is 10.2 Å². The van der Waals surface area contributed by atoms with Gasteiger partial charge in [-0.15, -0.1) is 0 Å². The van der Waals surface area contributed by atoms with Crippen LogP contribution in [0.5, 0.6) is 0 Å². The molecule has 2 fully saturated rings. The van der Waals surface area contributed by atoms with Crippen molar-refractivity contribution in [2.24, 2.45) is 5.92 Å². The van der Waals surface area contributed by atoms with E-state index >= 15 is 0 Å². The number of likely N-dealkylation sites (tertiary alicyclic amines) is 1. The van der Waals surface area contributed by atoms with Crippen molar-refractivity contribution >= 4 is 0 Å². The Bertz CT molecular complexity index is 221. The van der Waals surface area contributed by atoms with Gasteiger partial charge in [0.05, 0.1) is 0 Å². The number of nitrogens with zero attached hydrogens (tertiary/aromatic N) is 1. The summed E-state index contributed by atoms with van der Waals surface area (Å²) < 4.78 is 0. The molecule has 1 N–H and O–H groups in total. The van der Waals surface area contributed by atoms with E-state index in [9.17, 15) is 0 Å². The molecule has 17 heavy (non-hydrogen) atoms. The number of rotatable bonds is 5. The number of nitrogens with one attached hydrogen (secondary N) is 1.